The summed E-state index contributed by atoms with van der Waals surface area (Å²) in [4.78, 5) is 10.4. The maximum Gasteiger partial charge on any atom is 0.512 e. The van der Waals surface area contributed by atoms with E-state index in [1.807, 2.05) is 0 Å². The molecule has 6 nitrogen and oxygen atoms in total. The topological polar surface area (TPSA) is 71.1 Å². The quantitative estimate of drug-likeness (QED) is 0.520. The average Bonchev–Trinajstić information content (AvgIpc) is 2.44. The van der Waals surface area contributed by atoms with Crippen LogP contribution in [0.25, 0.3) is 0 Å². The minimum atomic E-state index is -3.77. The van der Waals surface area contributed by atoms with E-state index in [1.54, 1.807) is 0 Å². The first kappa shape index (κ1) is 10.4. The van der Waals surface area contributed by atoms with Crippen LogP contribution in [0.4, 0.5) is 9.18 Å². The highest BCUT2D eigenvalue weighted by atomic mass is 31.2. The largest absolute Gasteiger partial charge is 0.512 e. The van der Waals surface area contributed by atoms with E-state index >= 15 is 0 Å². The molecule has 76 valence electrons. The first-order chi connectivity index (χ1) is 6.03. The van der Waals surface area contributed by atoms with E-state index in [1.165, 1.54) is 0 Å². The summed E-state index contributed by atoms with van der Waals surface area (Å²) in [5.74, 6) is -1.64. The van der Waals surface area contributed by atoms with E-state index in [0.717, 1.165) is 14.2 Å². The number of rotatable bonds is 3. The van der Waals surface area contributed by atoms with E-state index in [4.69, 9.17) is 0 Å². The van der Waals surface area contributed by atoms with E-state index in [-0.39, 0.29) is 0 Å². The average molecular weight is 214 g/mol. The smallest absolute Gasteiger partial charge is 0.411 e. The van der Waals surface area contributed by atoms with Crippen LogP contribution in [0.3, 0.4) is 0 Å². The number of carbonyl (C=O) groups is 1. The van der Waals surface area contributed by atoms with Gasteiger partial charge in [-0.25, -0.2) is 4.79 Å². The molecule has 0 bridgehead atoms. The Kier molecular flexibility index (Phi) is 2.90. The molecule has 0 aromatic rings. The van der Waals surface area contributed by atoms with Gasteiger partial charge in [0, 0.05) is 14.2 Å². The lowest BCUT2D eigenvalue weighted by atomic mass is 10.7. The van der Waals surface area contributed by atoms with E-state index in [2.05, 4.69) is 18.5 Å². The molecule has 0 radical (unpaired) electrons. The van der Waals surface area contributed by atoms with Crippen LogP contribution in [0.15, 0.2) is 0 Å². The van der Waals surface area contributed by atoms with Crippen LogP contribution in [-0.2, 0) is 23.1 Å². The predicted molar refractivity (Wildman–Crippen MR) is 37.9 cm³/mol. The number of ether oxygens (including phenoxy) is 2. The predicted octanol–water partition coefficient (Wildman–Crippen LogP) is 1.26. The van der Waals surface area contributed by atoms with Crippen LogP contribution in [0, 0.1) is 0 Å². The molecule has 0 N–H and O–H groups in total. The summed E-state index contributed by atoms with van der Waals surface area (Å²) in [5, 5.41) is 0. The second-order valence-electron chi connectivity index (χ2n) is 2.13. The summed E-state index contributed by atoms with van der Waals surface area (Å²) < 4.78 is 41.4. The molecule has 1 heterocycles. The fraction of sp³-hybridized carbons (Fsp3) is 0.800. The second-order valence-corrected chi connectivity index (χ2v) is 4.45. The first-order valence-corrected chi connectivity index (χ1v) is 4.87. The van der Waals surface area contributed by atoms with Gasteiger partial charge in [-0.15, -0.1) is 0 Å². The third-order valence-corrected chi connectivity index (χ3v) is 3.45. The van der Waals surface area contributed by atoms with E-state index in [0.29, 0.717) is 0 Å². The zero-order chi connectivity index (χ0) is 10.1. The molecule has 2 atom stereocenters. The number of hydrogen-bond acceptors (Lipinski definition) is 6. The fourth-order valence-corrected chi connectivity index (χ4v) is 1.95. The van der Waals surface area contributed by atoms with Gasteiger partial charge in [0.15, 0.2) is 0 Å². The Morgan fingerprint density at radius 3 is 2.23 bits per heavy atom. The lowest BCUT2D eigenvalue weighted by Crippen LogP contribution is -2.19. The van der Waals surface area contributed by atoms with Crippen molar-refractivity contribution in [3.05, 3.63) is 0 Å². The van der Waals surface area contributed by atoms with Gasteiger partial charge >= 0.3 is 13.8 Å². The summed E-state index contributed by atoms with van der Waals surface area (Å²) in [7, 11) is -1.65. The van der Waals surface area contributed by atoms with Crippen LogP contribution < -0.4 is 0 Å². The molecule has 1 rings (SSSR count). The van der Waals surface area contributed by atoms with Crippen molar-refractivity contribution < 1.29 is 32.3 Å². The highest BCUT2D eigenvalue weighted by molar-refractivity contribution is 7.54. The fourth-order valence-electron chi connectivity index (χ4n) is 0.820. The van der Waals surface area contributed by atoms with Crippen molar-refractivity contribution in [3.8, 4) is 0 Å². The van der Waals surface area contributed by atoms with Crippen LogP contribution in [0.5, 0.6) is 0 Å². The molecule has 1 fully saturated rings. The van der Waals surface area contributed by atoms with E-state index < -0.39 is 26.0 Å². The SMILES string of the molecule is COP(=O)(OC)C1OC(=O)OC1F. The van der Waals surface area contributed by atoms with Crippen molar-refractivity contribution in [2.75, 3.05) is 14.2 Å². The van der Waals surface area contributed by atoms with Crippen molar-refractivity contribution >= 4 is 13.8 Å². The number of alkyl halides is 1. The van der Waals surface area contributed by atoms with Crippen LogP contribution in [-0.4, -0.2) is 32.6 Å². The minimum Gasteiger partial charge on any atom is -0.411 e. The molecule has 1 aliphatic heterocycles. The molecule has 1 aliphatic rings. The Morgan fingerprint density at radius 2 is 1.92 bits per heavy atom. The summed E-state index contributed by atoms with van der Waals surface area (Å²) in [6.07, 6.45) is -3.36. The molecule has 0 saturated carbocycles. The van der Waals surface area contributed by atoms with Gasteiger partial charge in [0.2, 0.25) is 0 Å². The standard InChI is InChI=1S/C5H8FO6P/c1-9-13(8,10-2)4-3(6)11-5(7)12-4/h3-4H,1-2H3. The summed E-state index contributed by atoms with van der Waals surface area (Å²) >= 11 is 0. The third-order valence-electron chi connectivity index (χ3n) is 1.47. The third kappa shape index (κ3) is 1.82. The van der Waals surface area contributed by atoms with Gasteiger partial charge in [0.25, 0.3) is 12.2 Å². The van der Waals surface area contributed by atoms with Gasteiger partial charge in [0.1, 0.15) is 0 Å². The van der Waals surface area contributed by atoms with Crippen molar-refractivity contribution in [3.63, 3.8) is 0 Å². The molecule has 0 aromatic heterocycles. The van der Waals surface area contributed by atoms with Gasteiger partial charge in [-0.05, 0) is 0 Å². The minimum absolute atomic E-state index is 1.06. The first-order valence-electron chi connectivity index (χ1n) is 3.26. The molecule has 1 saturated heterocycles. The molecule has 0 aromatic carbocycles. The van der Waals surface area contributed by atoms with Gasteiger partial charge in [-0.3, -0.25) is 4.57 Å². The van der Waals surface area contributed by atoms with Gasteiger partial charge in [-0.1, -0.05) is 0 Å². The van der Waals surface area contributed by atoms with Crippen LogP contribution in [0.2, 0.25) is 0 Å². The Morgan fingerprint density at radius 1 is 1.38 bits per heavy atom. The van der Waals surface area contributed by atoms with Crippen molar-refractivity contribution in [2.24, 2.45) is 0 Å². The highest BCUT2D eigenvalue weighted by Gasteiger charge is 2.51. The molecule has 0 spiro atoms. The molecule has 13 heavy (non-hydrogen) atoms. The summed E-state index contributed by atoms with van der Waals surface area (Å²) in [5.41, 5.74) is 0. The molecule has 8 heteroatoms. The van der Waals surface area contributed by atoms with Gasteiger partial charge in [0.05, 0.1) is 0 Å². The van der Waals surface area contributed by atoms with Gasteiger partial charge in [-0.2, -0.15) is 4.39 Å². The van der Waals surface area contributed by atoms with Gasteiger partial charge < -0.3 is 18.5 Å². The summed E-state index contributed by atoms with van der Waals surface area (Å²) in [6, 6.07) is 0. The Balaban J connectivity index is 2.81. The van der Waals surface area contributed by atoms with Crippen molar-refractivity contribution in [1.29, 1.82) is 0 Å². The zero-order valence-corrected chi connectivity index (χ0v) is 7.82. The Bertz CT molecular complexity index is 247. The lowest BCUT2D eigenvalue weighted by molar-refractivity contribution is 0.0440. The van der Waals surface area contributed by atoms with E-state index in [9.17, 15) is 13.8 Å². The molecular weight excluding hydrogens is 206 g/mol. The molecule has 2 unspecified atom stereocenters. The highest BCUT2D eigenvalue weighted by Crippen LogP contribution is 2.55. The van der Waals surface area contributed by atoms with Crippen LogP contribution >= 0.6 is 7.60 Å². The maximum atomic E-state index is 12.8. The normalized spacial score (nSPS) is 28.4. The Labute approximate surface area is 73.4 Å². The zero-order valence-electron chi connectivity index (χ0n) is 6.93. The number of carbonyl (C=O) groups excluding carboxylic acids is 1. The monoisotopic (exact) mass is 214 g/mol. The molecular formula is C5H8FO6P. The number of hydrogen-bond donors (Lipinski definition) is 0. The summed E-state index contributed by atoms with van der Waals surface area (Å²) in [6.45, 7) is 0. The Hall–Kier alpha value is -0.650. The van der Waals surface area contributed by atoms with Crippen LogP contribution in [0.1, 0.15) is 0 Å². The van der Waals surface area contributed by atoms with Crippen molar-refractivity contribution in [2.45, 2.75) is 12.2 Å². The number of halogens is 1. The maximum absolute atomic E-state index is 12.8. The van der Waals surface area contributed by atoms with Crippen molar-refractivity contribution in [1.82, 2.24) is 0 Å². The second kappa shape index (κ2) is 3.61. The molecule has 0 aliphatic carbocycles. The lowest BCUT2D eigenvalue weighted by Gasteiger charge is -2.17. The number of cyclic esters (lactones) is 2. The molecule has 0 amide bonds.